The van der Waals surface area contributed by atoms with Gasteiger partial charge < -0.3 is 20.3 Å². The van der Waals surface area contributed by atoms with E-state index in [0.717, 1.165) is 18.8 Å². The number of nitrogens with one attached hydrogen (secondary N) is 2. The molecule has 0 atom stereocenters. The predicted octanol–water partition coefficient (Wildman–Crippen LogP) is 2.97. The van der Waals surface area contributed by atoms with Crippen molar-refractivity contribution in [2.24, 2.45) is 0 Å². The second-order valence-corrected chi connectivity index (χ2v) is 5.89. The summed E-state index contributed by atoms with van der Waals surface area (Å²) in [4.78, 5) is 18.6. The molecule has 2 N–H and O–H groups in total. The molecule has 0 radical (unpaired) electrons. The van der Waals surface area contributed by atoms with Gasteiger partial charge in [0, 0.05) is 30.0 Å². The predicted molar refractivity (Wildman–Crippen MR) is 97.2 cm³/mol. The van der Waals surface area contributed by atoms with Crippen LogP contribution in [0, 0.1) is 0 Å². The van der Waals surface area contributed by atoms with Gasteiger partial charge in [0.05, 0.1) is 12.8 Å². The van der Waals surface area contributed by atoms with Gasteiger partial charge >= 0.3 is 0 Å². The zero-order valence-corrected chi connectivity index (χ0v) is 14.7. The number of likely N-dealkylation sites (N-methyl/N-ethyl adjacent to an activating group) is 1. The van der Waals surface area contributed by atoms with E-state index in [1.165, 1.54) is 7.11 Å². The summed E-state index contributed by atoms with van der Waals surface area (Å²) < 4.78 is 5.23. The van der Waals surface area contributed by atoms with Crippen LogP contribution in [-0.2, 0) is 0 Å². The number of halogens is 1. The Balaban J connectivity index is 2.08. The quantitative estimate of drug-likeness (QED) is 0.805. The average molecular weight is 349 g/mol. The molecule has 0 aliphatic rings. The zero-order chi connectivity index (χ0) is 17.5. The third-order valence-electron chi connectivity index (χ3n) is 3.29. The van der Waals surface area contributed by atoms with Gasteiger partial charge in [-0.05, 0) is 44.4 Å². The second kappa shape index (κ2) is 8.52. The Morgan fingerprint density at radius 3 is 2.79 bits per heavy atom. The number of carbonyl (C=O) groups is 1. The van der Waals surface area contributed by atoms with Gasteiger partial charge in [-0.25, -0.2) is 0 Å². The molecule has 0 unspecified atom stereocenters. The number of pyridine rings is 1. The number of rotatable bonds is 7. The normalized spacial score (nSPS) is 10.5. The van der Waals surface area contributed by atoms with Gasteiger partial charge in [0.2, 0.25) is 0 Å². The molecule has 6 nitrogen and oxygen atoms in total. The summed E-state index contributed by atoms with van der Waals surface area (Å²) in [6.45, 7) is 1.67. The summed E-state index contributed by atoms with van der Waals surface area (Å²) in [5.74, 6) is 0.208. The molecular formula is C17H21ClN4O2. The lowest BCUT2D eigenvalue weighted by atomic mass is 10.2. The SMILES string of the molecule is COc1ccc(Cl)cc1NC(=O)c1cc(NCCN(C)C)ccn1. The third-order valence-corrected chi connectivity index (χ3v) is 3.53. The van der Waals surface area contributed by atoms with Gasteiger partial charge in [0.25, 0.3) is 5.91 Å². The number of carbonyl (C=O) groups excluding carboxylic acids is 1. The summed E-state index contributed by atoms with van der Waals surface area (Å²) >= 11 is 5.97. The molecule has 1 amide bonds. The molecule has 0 saturated carbocycles. The smallest absolute Gasteiger partial charge is 0.274 e. The average Bonchev–Trinajstić information content (AvgIpc) is 2.55. The van der Waals surface area contributed by atoms with Crippen LogP contribution in [0.2, 0.25) is 5.02 Å². The van der Waals surface area contributed by atoms with Gasteiger partial charge in [-0.2, -0.15) is 0 Å². The number of nitrogens with zero attached hydrogens (tertiary/aromatic N) is 2. The van der Waals surface area contributed by atoms with Crippen LogP contribution in [0.3, 0.4) is 0 Å². The lowest BCUT2D eigenvalue weighted by Crippen LogP contribution is -2.21. The highest BCUT2D eigenvalue weighted by Crippen LogP contribution is 2.28. The van der Waals surface area contributed by atoms with Crippen molar-refractivity contribution >= 4 is 28.9 Å². The van der Waals surface area contributed by atoms with E-state index in [1.54, 1.807) is 30.5 Å². The van der Waals surface area contributed by atoms with E-state index in [4.69, 9.17) is 16.3 Å². The number of anilines is 2. The molecule has 24 heavy (non-hydrogen) atoms. The number of hydrogen-bond acceptors (Lipinski definition) is 5. The molecule has 2 aromatic rings. The van der Waals surface area contributed by atoms with Crippen LogP contribution in [0.5, 0.6) is 5.75 Å². The monoisotopic (exact) mass is 348 g/mol. The molecule has 1 aromatic heterocycles. The van der Waals surface area contributed by atoms with Crippen molar-refractivity contribution in [1.29, 1.82) is 0 Å². The Kier molecular flexibility index (Phi) is 6.40. The first kappa shape index (κ1) is 18.0. The maximum absolute atomic E-state index is 12.4. The van der Waals surface area contributed by atoms with Gasteiger partial charge in [-0.3, -0.25) is 9.78 Å². The minimum Gasteiger partial charge on any atom is -0.495 e. The van der Waals surface area contributed by atoms with Crippen LogP contribution in [0.25, 0.3) is 0 Å². The molecule has 0 aliphatic carbocycles. The Hall–Kier alpha value is -2.31. The molecule has 0 saturated heterocycles. The van der Waals surface area contributed by atoms with E-state index < -0.39 is 0 Å². The topological polar surface area (TPSA) is 66.5 Å². The maximum Gasteiger partial charge on any atom is 0.274 e. The molecule has 0 bridgehead atoms. The third kappa shape index (κ3) is 5.11. The maximum atomic E-state index is 12.4. The lowest BCUT2D eigenvalue weighted by molar-refractivity contribution is 0.102. The highest BCUT2D eigenvalue weighted by Gasteiger charge is 2.12. The summed E-state index contributed by atoms with van der Waals surface area (Å²) in [5, 5.41) is 6.54. The van der Waals surface area contributed by atoms with Gasteiger partial charge in [-0.1, -0.05) is 11.6 Å². The first-order valence-corrected chi connectivity index (χ1v) is 7.87. The fourth-order valence-electron chi connectivity index (χ4n) is 2.05. The summed E-state index contributed by atoms with van der Waals surface area (Å²) in [7, 11) is 5.55. The summed E-state index contributed by atoms with van der Waals surface area (Å²) in [5.41, 5.74) is 1.66. The van der Waals surface area contributed by atoms with E-state index in [-0.39, 0.29) is 5.91 Å². The van der Waals surface area contributed by atoms with Crippen LogP contribution in [0.4, 0.5) is 11.4 Å². The van der Waals surface area contributed by atoms with Crippen molar-refractivity contribution in [3.63, 3.8) is 0 Å². The van der Waals surface area contributed by atoms with E-state index in [0.29, 0.717) is 22.2 Å². The Morgan fingerprint density at radius 1 is 1.29 bits per heavy atom. The Labute approximate surface area is 146 Å². The first-order valence-electron chi connectivity index (χ1n) is 7.49. The fraction of sp³-hybridized carbons (Fsp3) is 0.294. The van der Waals surface area contributed by atoms with E-state index in [1.807, 2.05) is 20.2 Å². The van der Waals surface area contributed by atoms with Crippen molar-refractivity contribution in [3.8, 4) is 5.75 Å². The van der Waals surface area contributed by atoms with Crippen LogP contribution >= 0.6 is 11.6 Å². The number of benzene rings is 1. The van der Waals surface area contributed by atoms with Gasteiger partial charge in [-0.15, -0.1) is 0 Å². The first-order chi connectivity index (χ1) is 11.5. The van der Waals surface area contributed by atoms with Crippen LogP contribution in [0.1, 0.15) is 10.5 Å². The minimum atomic E-state index is -0.327. The largest absolute Gasteiger partial charge is 0.495 e. The number of ether oxygens (including phenoxy) is 1. The van der Waals surface area contributed by atoms with Crippen LogP contribution in [-0.4, -0.2) is 50.1 Å². The van der Waals surface area contributed by atoms with Crippen molar-refractivity contribution in [1.82, 2.24) is 9.88 Å². The van der Waals surface area contributed by atoms with Crippen molar-refractivity contribution < 1.29 is 9.53 Å². The fourth-order valence-corrected chi connectivity index (χ4v) is 2.22. The van der Waals surface area contributed by atoms with Gasteiger partial charge in [0.1, 0.15) is 11.4 Å². The summed E-state index contributed by atoms with van der Waals surface area (Å²) in [6, 6.07) is 8.57. The number of aromatic nitrogens is 1. The van der Waals surface area contributed by atoms with Crippen molar-refractivity contribution in [2.75, 3.05) is 44.9 Å². The lowest BCUT2D eigenvalue weighted by Gasteiger charge is -2.12. The molecule has 0 aliphatic heterocycles. The molecule has 0 spiro atoms. The highest BCUT2D eigenvalue weighted by molar-refractivity contribution is 6.31. The molecule has 7 heteroatoms. The number of amides is 1. The number of hydrogen-bond donors (Lipinski definition) is 2. The molecule has 1 aromatic carbocycles. The Bertz CT molecular complexity index is 707. The zero-order valence-electron chi connectivity index (χ0n) is 14.0. The van der Waals surface area contributed by atoms with Crippen LogP contribution < -0.4 is 15.4 Å². The standard InChI is InChI=1S/C17H21ClN4O2/c1-22(2)9-8-19-13-6-7-20-15(11-13)17(23)21-14-10-12(18)4-5-16(14)24-3/h4-7,10-11H,8-9H2,1-3H3,(H,19,20)(H,21,23). The van der Waals surface area contributed by atoms with E-state index in [2.05, 4.69) is 20.5 Å². The van der Waals surface area contributed by atoms with Crippen molar-refractivity contribution in [2.45, 2.75) is 0 Å². The van der Waals surface area contributed by atoms with E-state index >= 15 is 0 Å². The molecule has 2 rings (SSSR count). The van der Waals surface area contributed by atoms with Crippen molar-refractivity contribution in [3.05, 3.63) is 47.2 Å². The molecule has 1 heterocycles. The van der Waals surface area contributed by atoms with Crippen LogP contribution in [0.15, 0.2) is 36.5 Å². The molecule has 0 fully saturated rings. The number of methoxy groups -OCH3 is 1. The molecule has 128 valence electrons. The second-order valence-electron chi connectivity index (χ2n) is 5.46. The minimum absolute atomic E-state index is 0.312. The highest BCUT2D eigenvalue weighted by atomic mass is 35.5. The Morgan fingerprint density at radius 2 is 2.08 bits per heavy atom. The summed E-state index contributed by atoms with van der Waals surface area (Å²) in [6.07, 6.45) is 1.60. The van der Waals surface area contributed by atoms with E-state index in [9.17, 15) is 4.79 Å². The van der Waals surface area contributed by atoms with Gasteiger partial charge in [0.15, 0.2) is 0 Å². The molecular weight excluding hydrogens is 328 g/mol.